The molecule has 4 unspecified atom stereocenters. The zero-order valence-electron chi connectivity index (χ0n) is 19.9. The summed E-state index contributed by atoms with van der Waals surface area (Å²) in [7, 11) is 0. The van der Waals surface area contributed by atoms with E-state index in [-0.39, 0.29) is 0 Å². The van der Waals surface area contributed by atoms with Crippen LogP contribution in [0.4, 0.5) is 0 Å². The van der Waals surface area contributed by atoms with Crippen LogP contribution in [0, 0.1) is 35.0 Å². The van der Waals surface area contributed by atoms with E-state index in [0.29, 0.717) is 11.3 Å². The second kappa shape index (κ2) is 10.8. The van der Waals surface area contributed by atoms with Crippen molar-refractivity contribution in [2.75, 3.05) is 0 Å². The molecule has 0 bridgehead atoms. The summed E-state index contributed by atoms with van der Waals surface area (Å²) in [6.07, 6.45) is 21.3. The molecular formula is C28H48. The number of hydrogen-bond donors (Lipinski definition) is 0. The fraction of sp³-hybridized carbons (Fsp3) is 0.786. The lowest BCUT2D eigenvalue weighted by atomic mass is 9.62. The third kappa shape index (κ3) is 5.43. The third-order valence-corrected chi connectivity index (χ3v) is 8.00. The molecule has 0 heterocycles. The molecule has 0 amide bonds. The molecule has 3 saturated carbocycles. The van der Waals surface area contributed by atoms with Gasteiger partial charge in [0.25, 0.3) is 0 Å². The molecule has 0 aromatic carbocycles. The standard InChI is InChI=1S/C26H42.C2H6/c1-19(2)10-6-7-13-23-15-16-25-22(12-9-17-26(23,25)5)18-21(4)24-14-8-11-20(24)3;1-2/h6-7,18-19,21,23-25H,3,8-17H2,1-2,4-5H3;1-2H3/b7-6+,22-18+;/t21?,23?,24?,25?,26-;/m1./s1. The maximum absolute atomic E-state index is 4.36. The van der Waals surface area contributed by atoms with Crippen LogP contribution < -0.4 is 0 Å². The second-order valence-electron chi connectivity index (χ2n) is 10.3. The van der Waals surface area contributed by atoms with E-state index in [0.717, 1.165) is 23.7 Å². The Morgan fingerprint density at radius 2 is 1.79 bits per heavy atom. The van der Waals surface area contributed by atoms with Crippen LogP contribution in [0.5, 0.6) is 0 Å². The Labute approximate surface area is 177 Å². The quantitative estimate of drug-likeness (QED) is 0.400. The fourth-order valence-electron chi connectivity index (χ4n) is 6.39. The van der Waals surface area contributed by atoms with Crippen molar-refractivity contribution < 1.29 is 0 Å². The Kier molecular flexibility index (Phi) is 9.10. The van der Waals surface area contributed by atoms with Crippen molar-refractivity contribution in [3.63, 3.8) is 0 Å². The molecule has 0 aromatic rings. The molecule has 28 heavy (non-hydrogen) atoms. The van der Waals surface area contributed by atoms with Gasteiger partial charge >= 0.3 is 0 Å². The topological polar surface area (TPSA) is 0 Å². The second-order valence-corrected chi connectivity index (χ2v) is 10.3. The summed E-state index contributed by atoms with van der Waals surface area (Å²) >= 11 is 0. The van der Waals surface area contributed by atoms with E-state index in [1.54, 1.807) is 0 Å². The van der Waals surface area contributed by atoms with Crippen LogP contribution in [-0.2, 0) is 0 Å². The molecule has 3 rings (SSSR count). The lowest BCUT2D eigenvalue weighted by molar-refractivity contribution is 0.136. The first-order valence-electron chi connectivity index (χ1n) is 12.4. The summed E-state index contributed by atoms with van der Waals surface area (Å²) in [5.74, 6) is 4.00. The lowest BCUT2D eigenvalue weighted by Crippen LogP contribution is -2.33. The SMILES string of the molecule is C=C1CCCC1C(C)/C=C1\CCC[C@]2(C)C(C/C=C/CC(C)C)CCC12.CC. The Hall–Kier alpha value is -0.780. The van der Waals surface area contributed by atoms with Gasteiger partial charge in [0.05, 0.1) is 0 Å². The molecule has 0 aliphatic heterocycles. The molecule has 0 nitrogen and oxygen atoms in total. The average molecular weight is 385 g/mol. The Balaban J connectivity index is 0.00000136. The highest BCUT2D eigenvalue weighted by Crippen LogP contribution is 2.58. The number of hydrogen-bond acceptors (Lipinski definition) is 0. The van der Waals surface area contributed by atoms with Gasteiger partial charge in [0.1, 0.15) is 0 Å². The minimum atomic E-state index is 0.554. The highest BCUT2D eigenvalue weighted by Gasteiger charge is 2.48. The van der Waals surface area contributed by atoms with E-state index in [2.05, 4.69) is 52.5 Å². The van der Waals surface area contributed by atoms with Crippen LogP contribution in [0.2, 0.25) is 0 Å². The monoisotopic (exact) mass is 384 g/mol. The summed E-state index contributed by atoms with van der Waals surface area (Å²) < 4.78 is 0. The lowest BCUT2D eigenvalue weighted by Gasteiger charge is -2.42. The smallest absolute Gasteiger partial charge is 0.0145 e. The van der Waals surface area contributed by atoms with E-state index in [4.69, 9.17) is 0 Å². The van der Waals surface area contributed by atoms with Gasteiger partial charge < -0.3 is 0 Å². The molecule has 0 radical (unpaired) electrons. The molecule has 3 aliphatic carbocycles. The first-order chi connectivity index (χ1) is 13.4. The molecule has 0 aromatic heterocycles. The number of fused-ring (bicyclic) bond motifs is 1. The van der Waals surface area contributed by atoms with Gasteiger partial charge in [0, 0.05) is 0 Å². The molecule has 0 saturated heterocycles. The average Bonchev–Trinajstić information content (AvgIpc) is 3.24. The Morgan fingerprint density at radius 3 is 2.43 bits per heavy atom. The van der Waals surface area contributed by atoms with Crippen molar-refractivity contribution >= 4 is 0 Å². The minimum Gasteiger partial charge on any atom is -0.0996 e. The van der Waals surface area contributed by atoms with Crippen LogP contribution >= 0.6 is 0 Å². The van der Waals surface area contributed by atoms with Crippen molar-refractivity contribution in [3.05, 3.63) is 36.0 Å². The fourth-order valence-corrected chi connectivity index (χ4v) is 6.39. The van der Waals surface area contributed by atoms with Crippen LogP contribution in [0.1, 0.15) is 106 Å². The molecule has 3 fully saturated rings. The van der Waals surface area contributed by atoms with Crippen molar-refractivity contribution in [3.8, 4) is 0 Å². The van der Waals surface area contributed by atoms with E-state index >= 15 is 0 Å². The molecule has 5 atom stereocenters. The highest BCUT2D eigenvalue weighted by molar-refractivity contribution is 5.21. The third-order valence-electron chi connectivity index (χ3n) is 8.00. The van der Waals surface area contributed by atoms with Crippen molar-refractivity contribution in [2.45, 2.75) is 106 Å². The largest absolute Gasteiger partial charge is 0.0996 e. The first-order valence-corrected chi connectivity index (χ1v) is 12.4. The molecule has 3 aliphatic rings. The first kappa shape index (κ1) is 23.5. The molecule has 0 N–H and O–H groups in total. The maximum atomic E-state index is 4.36. The zero-order chi connectivity index (χ0) is 20.7. The van der Waals surface area contributed by atoms with E-state index in [1.807, 2.05) is 19.4 Å². The van der Waals surface area contributed by atoms with Crippen LogP contribution in [-0.4, -0.2) is 0 Å². The van der Waals surface area contributed by atoms with Gasteiger partial charge in [-0.2, -0.15) is 0 Å². The van der Waals surface area contributed by atoms with Gasteiger partial charge in [-0.3, -0.25) is 0 Å². The van der Waals surface area contributed by atoms with Gasteiger partial charge in [-0.1, -0.05) is 77.5 Å². The van der Waals surface area contributed by atoms with Crippen molar-refractivity contribution in [2.24, 2.45) is 35.0 Å². The van der Waals surface area contributed by atoms with Gasteiger partial charge in [-0.25, -0.2) is 0 Å². The molecule has 0 heteroatoms. The molecular weight excluding hydrogens is 336 g/mol. The summed E-state index contributed by atoms with van der Waals surface area (Å²) in [5.41, 5.74) is 3.89. The van der Waals surface area contributed by atoms with Crippen molar-refractivity contribution in [1.82, 2.24) is 0 Å². The molecule has 160 valence electrons. The number of rotatable bonds is 6. The van der Waals surface area contributed by atoms with Crippen LogP contribution in [0.3, 0.4) is 0 Å². The predicted octanol–water partition coefficient (Wildman–Crippen LogP) is 9.14. The van der Waals surface area contributed by atoms with E-state index in [9.17, 15) is 0 Å². The van der Waals surface area contributed by atoms with E-state index in [1.165, 1.54) is 69.8 Å². The Morgan fingerprint density at radius 1 is 1.04 bits per heavy atom. The van der Waals surface area contributed by atoms with Crippen molar-refractivity contribution in [1.29, 1.82) is 0 Å². The molecule has 0 spiro atoms. The zero-order valence-corrected chi connectivity index (χ0v) is 19.9. The summed E-state index contributed by atoms with van der Waals surface area (Å²) in [5, 5.41) is 0. The van der Waals surface area contributed by atoms with Gasteiger partial charge in [0.2, 0.25) is 0 Å². The van der Waals surface area contributed by atoms with Crippen LogP contribution in [0.15, 0.2) is 36.0 Å². The summed E-state index contributed by atoms with van der Waals surface area (Å²) in [4.78, 5) is 0. The van der Waals surface area contributed by atoms with E-state index < -0.39 is 0 Å². The summed E-state index contributed by atoms with van der Waals surface area (Å²) in [6, 6.07) is 0. The van der Waals surface area contributed by atoms with Gasteiger partial charge in [-0.05, 0) is 99.2 Å². The Bertz CT molecular complexity index is 548. The minimum absolute atomic E-state index is 0.554. The van der Waals surface area contributed by atoms with Gasteiger partial charge in [-0.15, -0.1) is 0 Å². The summed E-state index contributed by atoms with van der Waals surface area (Å²) in [6.45, 7) is 18.1. The highest BCUT2D eigenvalue weighted by atomic mass is 14.5. The normalized spacial score (nSPS) is 35.3. The predicted molar refractivity (Wildman–Crippen MR) is 126 cm³/mol. The maximum Gasteiger partial charge on any atom is -0.0145 e. The number of allylic oxidation sites excluding steroid dienone is 5. The van der Waals surface area contributed by atoms with Gasteiger partial charge in [0.15, 0.2) is 0 Å². The van der Waals surface area contributed by atoms with Crippen LogP contribution in [0.25, 0.3) is 0 Å².